The molecule has 0 saturated heterocycles. The first-order valence-electron chi connectivity index (χ1n) is 3.96. The van der Waals surface area contributed by atoms with Gasteiger partial charge in [-0.1, -0.05) is 42.8 Å². The van der Waals surface area contributed by atoms with Crippen LogP contribution >= 0.6 is 22.2 Å². The van der Waals surface area contributed by atoms with Gasteiger partial charge in [0.25, 0.3) is 0 Å². The van der Waals surface area contributed by atoms with Crippen LogP contribution in [0.2, 0.25) is 6.04 Å². The number of benzene rings is 1. The highest BCUT2D eigenvalue weighted by atomic mass is 35.7. The summed E-state index contributed by atoms with van der Waals surface area (Å²) in [6.07, 6.45) is 0. The fourth-order valence-corrected chi connectivity index (χ4v) is 0.534. The first kappa shape index (κ1) is 12.0. The predicted octanol–water partition coefficient (Wildman–Crippen LogP) is 3.70. The van der Waals surface area contributed by atoms with E-state index in [1.54, 1.807) is 0 Å². The zero-order valence-electron chi connectivity index (χ0n) is 7.43. The Morgan fingerprint density at radius 3 is 1.75 bits per heavy atom. The van der Waals surface area contributed by atoms with Crippen molar-refractivity contribution in [3.05, 3.63) is 35.9 Å². The van der Waals surface area contributed by atoms with Crippen LogP contribution in [0.15, 0.2) is 30.3 Å². The van der Waals surface area contributed by atoms with E-state index in [-0.39, 0.29) is 0 Å². The van der Waals surface area contributed by atoms with Gasteiger partial charge in [-0.25, -0.2) is 0 Å². The topological polar surface area (TPSA) is 0 Å². The molecule has 0 fully saturated rings. The Morgan fingerprint density at radius 1 is 1.17 bits per heavy atom. The third kappa shape index (κ3) is 8.12. The van der Waals surface area contributed by atoms with E-state index in [2.05, 4.69) is 19.1 Å². The summed E-state index contributed by atoms with van der Waals surface area (Å²) in [6, 6.07) is 11.2. The van der Waals surface area contributed by atoms with E-state index in [0.717, 1.165) is 6.04 Å². The highest BCUT2D eigenvalue weighted by molar-refractivity contribution is 7.33. The van der Waals surface area contributed by atoms with E-state index in [9.17, 15) is 0 Å². The van der Waals surface area contributed by atoms with Crippen molar-refractivity contribution >= 4 is 29.6 Å². The number of halogens is 2. The molecular weight excluding hydrogens is 207 g/mol. The van der Waals surface area contributed by atoms with Crippen molar-refractivity contribution in [1.29, 1.82) is 0 Å². The van der Waals surface area contributed by atoms with E-state index in [1.807, 2.05) is 25.1 Å². The maximum Gasteiger partial charge on any atom is 0.236 e. The molecule has 68 valence electrons. The molecule has 0 aromatic heterocycles. The Labute approximate surface area is 85.5 Å². The summed E-state index contributed by atoms with van der Waals surface area (Å²) in [5.41, 5.74) is 1.32. The Kier molecular flexibility index (Phi) is 7.67. The predicted molar refractivity (Wildman–Crippen MR) is 60.5 cm³/mol. The first-order chi connectivity index (χ1) is 5.66. The van der Waals surface area contributed by atoms with Gasteiger partial charge in [-0.15, -0.1) is 0 Å². The molecule has 3 heteroatoms. The quantitative estimate of drug-likeness (QED) is 0.501. The van der Waals surface area contributed by atoms with Crippen molar-refractivity contribution in [1.82, 2.24) is 0 Å². The van der Waals surface area contributed by atoms with Crippen molar-refractivity contribution in [2.45, 2.75) is 19.9 Å². The van der Waals surface area contributed by atoms with Crippen LogP contribution in [0.25, 0.3) is 0 Å². The van der Waals surface area contributed by atoms with E-state index >= 15 is 0 Å². The van der Waals surface area contributed by atoms with Crippen LogP contribution in [-0.4, -0.2) is 7.42 Å². The molecule has 0 saturated carbocycles. The highest BCUT2D eigenvalue weighted by Gasteiger charge is 1.91. The lowest BCUT2D eigenvalue weighted by Gasteiger charge is -1.82. The van der Waals surface area contributed by atoms with Crippen LogP contribution in [0, 0.1) is 6.92 Å². The smallest absolute Gasteiger partial charge is 0.150 e. The van der Waals surface area contributed by atoms with Gasteiger partial charge >= 0.3 is 0 Å². The molecule has 0 bridgehead atoms. The summed E-state index contributed by atoms with van der Waals surface area (Å²) < 4.78 is 0. The number of hydrogen-bond donors (Lipinski definition) is 0. The normalized spacial score (nSPS) is 9.08. The Morgan fingerprint density at radius 2 is 1.58 bits per heavy atom. The monoisotopic (exact) mass is 220 g/mol. The minimum absolute atomic E-state index is 0.975. The van der Waals surface area contributed by atoms with Crippen LogP contribution in [0.4, 0.5) is 0 Å². The van der Waals surface area contributed by atoms with E-state index in [0.29, 0.717) is 0 Å². The average molecular weight is 221 g/mol. The standard InChI is InChI=1S/C7H8.C2H6Cl2Si/c1-7-5-3-2-4-6-7;1-2-5(3)4/h2-6H,1H3;5H,2H2,1H3. The summed E-state index contributed by atoms with van der Waals surface area (Å²) in [7, 11) is -1.21. The van der Waals surface area contributed by atoms with Gasteiger partial charge in [0.2, 0.25) is 7.42 Å². The molecule has 0 aliphatic rings. The molecule has 12 heavy (non-hydrogen) atoms. The molecule has 0 nitrogen and oxygen atoms in total. The van der Waals surface area contributed by atoms with Crippen molar-refractivity contribution in [2.75, 3.05) is 0 Å². The molecule has 0 N–H and O–H groups in total. The third-order valence-corrected chi connectivity index (χ3v) is 3.72. The summed E-state index contributed by atoms with van der Waals surface area (Å²) in [4.78, 5) is 0. The molecule has 0 radical (unpaired) electrons. The van der Waals surface area contributed by atoms with Crippen LogP contribution in [0.5, 0.6) is 0 Å². The van der Waals surface area contributed by atoms with Crippen LogP contribution in [-0.2, 0) is 0 Å². The van der Waals surface area contributed by atoms with Gasteiger partial charge in [-0.05, 0) is 13.0 Å². The fourth-order valence-electron chi connectivity index (χ4n) is 0.534. The Hall–Kier alpha value is 0.0169. The van der Waals surface area contributed by atoms with Crippen molar-refractivity contribution in [3.63, 3.8) is 0 Å². The molecule has 1 aromatic rings. The molecule has 0 amide bonds. The van der Waals surface area contributed by atoms with Crippen molar-refractivity contribution in [2.24, 2.45) is 0 Å². The zero-order chi connectivity index (χ0) is 9.40. The lowest BCUT2D eigenvalue weighted by Crippen LogP contribution is -1.83. The largest absolute Gasteiger partial charge is 0.236 e. The summed E-state index contributed by atoms with van der Waals surface area (Å²) >= 11 is 10.7. The van der Waals surface area contributed by atoms with Crippen molar-refractivity contribution in [3.8, 4) is 0 Å². The molecule has 0 spiro atoms. The van der Waals surface area contributed by atoms with Gasteiger partial charge in [0.15, 0.2) is 0 Å². The van der Waals surface area contributed by atoms with Crippen molar-refractivity contribution < 1.29 is 0 Å². The molecule has 1 aromatic carbocycles. The van der Waals surface area contributed by atoms with Gasteiger partial charge in [-0.3, -0.25) is 0 Å². The maximum atomic E-state index is 5.37. The minimum atomic E-state index is -1.21. The maximum absolute atomic E-state index is 5.37. The second-order valence-corrected chi connectivity index (χ2v) is 7.88. The minimum Gasteiger partial charge on any atom is -0.150 e. The molecule has 0 unspecified atom stereocenters. The molecule has 0 aliphatic heterocycles. The Bertz CT molecular complexity index is 187. The van der Waals surface area contributed by atoms with Crippen LogP contribution in [0.1, 0.15) is 12.5 Å². The lowest BCUT2D eigenvalue weighted by molar-refractivity contribution is 1.47. The Balaban J connectivity index is 0.000000217. The zero-order valence-corrected chi connectivity index (χ0v) is 10.1. The van der Waals surface area contributed by atoms with E-state index < -0.39 is 7.42 Å². The molecular formula is C9H14Cl2Si. The SMILES string of the molecule is CC[SiH](Cl)Cl.Cc1ccccc1. The molecule has 0 aliphatic carbocycles. The fraction of sp³-hybridized carbons (Fsp3) is 0.333. The third-order valence-electron chi connectivity index (χ3n) is 1.25. The summed E-state index contributed by atoms with van der Waals surface area (Å²) in [5, 5.41) is 0. The van der Waals surface area contributed by atoms with E-state index in [1.165, 1.54) is 5.56 Å². The second kappa shape index (κ2) is 7.65. The number of aryl methyl sites for hydroxylation is 1. The number of hydrogen-bond acceptors (Lipinski definition) is 0. The van der Waals surface area contributed by atoms with Crippen LogP contribution in [0.3, 0.4) is 0 Å². The first-order valence-corrected chi connectivity index (χ1v) is 8.27. The van der Waals surface area contributed by atoms with Crippen LogP contribution < -0.4 is 0 Å². The molecule has 0 atom stereocenters. The van der Waals surface area contributed by atoms with E-state index in [4.69, 9.17) is 22.2 Å². The summed E-state index contributed by atoms with van der Waals surface area (Å²) in [5.74, 6) is 0. The van der Waals surface area contributed by atoms with Gasteiger partial charge in [-0.2, -0.15) is 22.2 Å². The average Bonchev–Trinajstić information content (AvgIpc) is 2.07. The van der Waals surface area contributed by atoms with Gasteiger partial charge in [0.05, 0.1) is 0 Å². The van der Waals surface area contributed by atoms with Gasteiger partial charge < -0.3 is 0 Å². The molecule has 0 heterocycles. The molecule has 1 rings (SSSR count). The number of rotatable bonds is 1. The van der Waals surface area contributed by atoms with Gasteiger partial charge in [0, 0.05) is 0 Å². The lowest BCUT2D eigenvalue weighted by atomic mass is 10.2. The summed E-state index contributed by atoms with van der Waals surface area (Å²) in [6.45, 7) is 4.08. The highest BCUT2D eigenvalue weighted by Crippen LogP contribution is 1.99. The second-order valence-electron chi connectivity index (χ2n) is 2.45. The van der Waals surface area contributed by atoms with Gasteiger partial charge in [0.1, 0.15) is 0 Å².